The first-order chi connectivity index (χ1) is 8.81. The Morgan fingerprint density at radius 1 is 1.17 bits per heavy atom. The Morgan fingerprint density at radius 3 is 2.56 bits per heavy atom. The number of anilines is 2. The zero-order chi connectivity index (χ0) is 12.4. The third-order valence-electron chi connectivity index (χ3n) is 3.69. The Balaban J connectivity index is 1.56. The van der Waals surface area contributed by atoms with Crippen LogP contribution in [0.2, 0.25) is 0 Å². The molecule has 2 fully saturated rings. The van der Waals surface area contributed by atoms with Crippen LogP contribution in [0.3, 0.4) is 0 Å². The lowest BCUT2D eigenvalue weighted by Gasteiger charge is -2.10. The van der Waals surface area contributed by atoms with Crippen molar-refractivity contribution in [2.24, 2.45) is 5.92 Å². The van der Waals surface area contributed by atoms with Crippen molar-refractivity contribution < 1.29 is 4.79 Å². The molecule has 2 aliphatic rings. The Hall–Kier alpha value is -1.58. The molecule has 1 aromatic heterocycles. The van der Waals surface area contributed by atoms with Gasteiger partial charge in [-0.3, -0.25) is 4.79 Å². The lowest BCUT2D eigenvalue weighted by Crippen LogP contribution is -2.20. The maximum Gasteiger partial charge on any atom is 0.227 e. The fraction of sp³-hybridized carbons (Fsp3) is 0.571. The number of hydrogen-bond donors (Lipinski definition) is 2. The van der Waals surface area contributed by atoms with E-state index in [-0.39, 0.29) is 11.8 Å². The van der Waals surface area contributed by atoms with Crippen molar-refractivity contribution in [3.63, 3.8) is 0 Å². The molecule has 0 unspecified atom stereocenters. The molecule has 0 spiro atoms. The summed E-state index contributed by atoms with van der Waals surface area (Å²) in [5, 5.41) is 6.28. The van der Waals surface area contributed by atoms with Crippen LogP contribution in [0.4, 0.5) is 11.5 Å². The maximum absolute atomic E-state index is 11.9. The van der Waals surface area contributed by atoms with Crippen LogP contribution in [0.1, 0.15) is 38.5 Å². The van der Waals surface area contributed by atoms with E-state index in [1.807, 2.05) is 12.1 Å². The van der Waals surface area contributed by atoms with Crippen molar-refractivity contribution >= 4 is 17.4 Å². The number of nitrogens with one attached hydrogen (secondary N) is 2. The summed E-state index contributed by atoms with van der Waals surface area (Å²) < 4.78 is 0. The summed E-state index contributed by atoms with van der Waals surface area (Å²) in [4.78, 5) is 16.2. The molecule has 0 saturated heterocycles. The van der Waals surface area contributed by atoms with Crippen LogP contribution in [-0.4, -0.2) is 16.9 Å². The van der Waals surface area contributed by atoms with E-state index in [2.05, 4.69) is 15.6 Å². The second-order valence-corrected chi connectivity index (χ2v) is 5.32. The number of carbonyl (C=O) groups is 1. The zero-order valence-electron chi connectivity index (χ0n) is 10.5. The van der Waals surface area contributed by atoms with Gasteiger partial charge in [-0.25, -0.2) is 4.98 Å². The van der Waals surface area contributed by atoms with Gasteiger partial charge in [0, 0.05) is 12.0 Å². The van der Waals surface area contributed by atoms with E-state index < -0.39 is 0 Å². The molecule has 1 amide bonds. The van der Waals surface area contributed by atoms with E-state index in [0.29, 0.717) is 6.04 Å². The molecular weight excluding hydrogens is 226 g/mol. The molecular formula is C14H19N3O. The zero-order valence-corrected chi connectivity index (χ0v) is 10.5. The summed E-state index contributed by atoms with van der Waals surface area (Å²) in [6.45, 7) is 0. The smallest absolute Gasteiger partial charge is 0.227 e. The largest absolute Gasteiger partial charge is 0.367 e. The van der Waals surface area contributed by atoms with Crippen LogP contribution in [0.5, 0.6) is 0 Å². The van der Waals surface area contributed by atoms with E-state index in [4.69, 9.17) is 0 Å². The number of carbonyl (C=O) groups excluding carboxylic acids is 1. The molecule has 1 heterocycles. The van der Waals surface area contributed by atoms with Crippen LogP contribution in [0.25, 0.3) is 0 Å². The normalized spacial score (nSPS) is 19.8. The Kier molecular flexibility index (Phi) is 3.17. The molecule has 0 radical (unpaired) electrons. The first-order valence-corrected chi connectivity index (χ1v) is 6.85. The Bertz CT molecular complexity index is 419. The van der Waals surface area contributed by atoms with Crippen molar-refractivity contribution in [1.82, 2.24) is 4.98 Å². The standard InChI is InChI=1S/C14H19N3O/c18-14(10-3-1-2-4-10)17-12-7-8-13(15-9-12)16-11-5-6-11/h7-11H,1-6H2,(H,15,16)(H,17,18). The fourth-order valence-electron chi connectivity index (χ4n) is 2.42. The molecule has 2 N–H and O–H groups in total. The Morgan fingerprint density at radius 2 is 1.94 bits per heavy atom. The molecule has 0 aliphatic heterocycles. The van der Waals surface area contributed by atoms with Crippen molar-refractivity contribution in [2.45, 2.75) is 44.6 Å². The van der Waals surface area contributed by atoms with Gasteiger partial charge in [0.25, 0.3) is 0 Å². The van der Waals surface area contributed by atoms with Crippen LogP contribution in [0.15, 0.2) is 18.3 Å². The van der Waals surface area contributed by atoms with Gasteiger partial charge in [-0.05, 0) is 37.8 Å². The summed E-state index contributed by atoms with van der Waals surface area (Å²) in [5.41, 5.74) is 0.799. The molecule has 1 aromatic rings. The van der Waals surface area contributed by atoms with Crippen LogP contribution in [0, 0.1) is 5.92 Å². The van der Waals surface area contributed by atoms with Crippen LogP contribution >= 0.6 is 0 Å². The Labute approximate surface area is 107 Å². The lowest BCUT2D eigenvalue weighted by molar-refractivity contribution is -0.119. The summed E-state index contributed by atoms with van der Waals surface area (Å²) in [6, 6.07) is 4.46. The minimum absolute atomic E-state index is 0.150. The third-order valence-corrected chi connectivity index (χ3v) is 3.69. The van der Waals surface area contributed by atoms with E-state index in [1.165, 1.54) is 25.7 Å². The van der Waals surface area contributed by atoms with Crippen molar-refractivity contribution in [3.05, 3.63) is 18.3 Å². The summed E-state index contributed by atoms with van der Waals surface area (Å²) >= 11 is 0. The number of hydrogen-bond acceptors (Lipinski definition) is 3. The topological polar surface area (TPSA) is 54.0 Å². The van der Waals surface area contributed by atoms with Gasteiger partial charge >= 0.3 is 0 Å². The molecule has 3 rings (SSSR count). The highest BCUT2D eigenvalue weighted by Gasteiger charge is 2.23. The maximum atomic E-state index is 11.9. The minimum atomic E-state index is 0.150. The van der Waals surface area contributed by atoms with Crippen molar-refractivity contribution in [2.75, 3.05) is 10.6 Å². The molecule has 18 heavy (non-hydrogen) atoms. The first kappa shape index (κ1) is 11.5. The van der Waals surface area contributed by atoms with E-state index in [0.717, 1.165) is 24.3 Å². The predicted octanol–water partition coefficient (Wildman–Crippen LogP) is 2.78. The number of rotatable bonds is 4. The lowest BCUT2D eigenvalue weighted by atomic mass is 10.1. The summed E-state index contributed by atoms with van der Waals surface area (Å²) in [6.07, 6.45) is 8.63. The van der Waals surface area contributed by atoms with Gasteiger partial charge in [0.2, 0.25) is 5.91 Å². The molecule has 2 saturated carbocycles. The second-order valence-electron chi connectivity index (χ2n) is 5.32. The number of pyridine rings is 1. The van der Waals surface area contributed by atoms with Gasteiger partial charge < -0.3 is 10.6 Å². The fourth-order valence-corrected chi connectivity index (χ4v) is 2.42. The van der Waals surface area contributed by atoms with Crippen LogP contribution in [-0.2, 0) is 4.79 Å². The van der Waals surface area contributed by atoms with Gasteiger partial charge in [0.05, 0.1) is 11.9 Å². The van der Waals surface area contributed by atoms with Gasteiger partial charge in [-0.15, -0.1) is 0 Å². The van der Waals surface area contributed by atoms with Gasteiger partial charge in [-0.1, -0.05) is 12.8 Å². The van der Waals surface area contributed by atoms with Crippen molar-refractivity contribution in [3.8, 4) is 0 Å². The summed E-state index contributed by atoms with van der Waals surface area (Å²) in [7, 11) is 0. The molecule has 2 aliphatic carbocycles. The third kappa shape index (κ3) is 2.81. The predicted molar refractivity (Wildman–Crippen MR) is 71.5 cm³/mol. The van der Waals surface area contributed by atoms with E-state index >= 15 is 0 Å². The average Bonchev–Trinajstić information content (AvgIpc) is 3.02. The highest BCUT2D eigenvalue weighted by Crippen LogP contribution is 2.26. The van der Waals surface area contributed by atoms with E-state index in [1.54, 1.807) is 6.20 Å². The highest BCUT2D eigenvalue weighted by molar-refractivity contribution is 5.92. The minimum Gasteiger partial charge on any atom is -0.367 e. The molecule has 0 atom stereocenters. The van der Waals surface area contributed by atoms with E-state index in [9.17, 15) is 4.79 Å². The van der Waals surface area contributed by atoms with Gasteiger partial charge in [-0.2, -0.15) is 0 Å². The van der Waals surface area contributed by atoms with Gasteiger partial charge in [0.1, 0.15) is 5.82 Å². The number of nitrogens with zero attached hydrogens (tertiary/aromatic N) is 1. The highest BCUT2D eigenvalue weighted by atomic mass is 16.1. The molecule has 4 nitrogen and oxygen atoms in total. The molecule has 4 heteroatoms. The van der Waals surface area contributed by atoms with Crippen molar-refractivity contribution in [1.29, 1.82) is 0 Å². The number of amides is 1. The quantitative estimate of drug-likeness (QED) is 0.857. The SMILES string of the molecule is O=C(Nc1ccc(NC2CC2)nc1)C1CCCC1. The van der Waals surface area contributed by atoms with Crippen LogP contribution < -0.4 is 10.6 Å². The molecule has 0 aromatic carbocycles. The summed E-state index contributed by atoms with van der Waals surface area (Å²) in [5.74, 6) is 1.25. The second kappa shape index (κ2) is 4.96. The van der Waals surface area contributed by atoms with Gasteiger partial charge in [0.15, 0.2) is 0 Å². The average molecular weight is 245 g/mol. The number of aromatic nitrogens is 1. The molecule has 0 bridgehead atoms. The first-order valence-electron chi connectivity index (χ1n) is 6.85. The molecule has 96 valence electrons. The monoisotopic (exact) mass is 245 g/mol.